The summed E-state index contributed by atoms with van der Waals surface area (Å²) in [5, 5.41) is 3.01. The zero-order valence-electron chi connectivity index (χ0n) is 10.6. The van der Waals surface area contributed by atoms with Gasteiger partial charge in [-0.05, 0) is 29.5 Å². The van der Waals surface area contributed by atoms with E-state index >= 15 is 0 Å². The molecule has 2 aromatic rings. The van der Waals surface area contributed by atoms with Crippen LogP contribution in [0.5, 0.6) is 0 Å². The van der Waals surface area contributed by atoms with Crippen molar-refractivity contribution in [2.45, 2.75) is 26.0 Å². The first-order chi connectivity index (χ1) is 8.70. The molecule has 0 fully saturated rings. The predicted molar refractivity (Wildman–Crippen MR) is 80.8 cm³/mol. The summed E-state index contributed by atoms with van der Waals surface area (Å²) in [5.74, 6) is 9.81. The van der Waals surface area contributed by atoms with Gasteiger partial charge in [0.05, 0.1) is 11.1 Å². The van der Waals surface area contributed by atoms with Crippen molar-refractivity contribution in [3.8, 4) is 0 Å². The maximum Gasteiger partial charge on any atom is 0.152 e. The Hall–Kier alpha value is -0.850. The number of thioether (sulfide) groups is 1. The minimum atomic E-state index is 0.723. The number of anilines is 1. The maximum atomic E-state index is 5.50. The van der Waals surface area contributed by atoms with E-state index in [1.54, 1.807) is 11.3 Å². The van der Waals surface area contributed by atoms with Gasteiger partial charge in [-0.25, -0.2) is 15.8 Å². The van der Waals surface area contributed by atoms with Crippen LogP contribution in [0.25, 0.3) is 10.2 Å². The quantitative estimate of drug-likeness (QED) is 0.484. The van der Waals surface area contributed by atoms with Gasteiger partial charge in [0.25, 0.3) is 0 Å². The zero-order chi connectivity index (χ0) is 13.0. The molecule has 0 aliphatic carbocycles. The number of nitrogens with two attached hydrogens (primary N) is 1. The van der Waals surface area contributed by atoms with E-state index in [1.807, 2.05) is 23.2 Å². The summed E-state index contributed by atoms with van der Waals surface area (Å²) in [6, 6.07) is 1.99. The standard InChI is InChI=1S/C12H18N4S2/c1-8(2)3-5-17-7-10-14-11(16-13)9-4-6-18-12(9)15-10/h4,6,8H,3,5,7,13H2,1-2H3,(H,14,15,16). The molecule has 0 amide bonds. The zero-order valence-corrected chi connectivity index (χ0v) is 12.3. The molecule has 0 atom stereocenters. The van der Waals surface area contributed by atoms with Gasteiger partial charge in [0.2, 0.25) is 0 Å². The Bertz CT molecular complexity index is 510. The van der Waals surface area contributed by atoms with Crippen molar-refractivity contribution < 1.29 is 0 Å². The Morgan fingerprint density at radius 3 is 3.00 bits per heavy atom. The number of nitrogens with one attached hydrogen (secondary N) is 1. The molecule has 0 spiro atoms. The average Bonchev–Trinajstić information content (AvgIpc) is 2.81. The Morgan fingerprint density at radius 2 is 2.28 bits per heavy atom. The molecular formula is C12H18N4S2. The summed E-state index contributed by atoms with van der Waals surface area (Å²) in [7, 11) is 0. The Morgan fingerprint density at radius 1 is 1.44 bits per heavy atom. The first-order valence-electron chi connectivity index (χ1n) is 5.99. The number of fused-ring (bicyclic) bond motifs is 1. The molecule has 2 heterocycles. The average molecular weight is 282 g/mol. The summed E-state index contributed by atoms with van der Waals surface area (Å²) < 4.78 is 0. The van der Waals surface area contributed by atoms with E-state index < -0.39 is 0 Å². The first kappa shape index (κ1) is 13.6. The van der Waals surface area contributed by atoms with E-state index in [0.29, 0.717) is 0 Å². The lowest BCUT2D eigenvalue weighted by atomic mass is 10.2. The van der Waals surface area contributed by atoms with Gasteiger partial charge in [-0.1, -0.05) is 13.8 Å². The number of aromatic nitrogens is 2. The van der Waals surface area contributed by atoms with Crippen LogP contribution in [-0.2, 0) is 5.75 Å². The summed E-state index contributed by atoms with van der Waals surface area (Å²) in [4.78, 5) is 10.00. The number of nitrogens with zero attached hydrogens (tertiary/aromatic N) is 2. The highest BCUT2D eigenvalue weighted by molar-refractivity contribution is 7.98. The number of rotatable bonds is 6. The minimum Gasteiger partial charge on any atom is -0.308 e. The van der Waals surface area contributed by atoms with Crippen LogP contribution in [0, 0.1) is 5.92 Å². The van der Waals surface area contributed by atoms with Crippen molar-refractivity contribution >= 4 is 39.1 Å². The van der Waals surface area contributed by atoms with Crippen molar-refractivity contribution in [3.63, 3.8) is 0 Å². The molecule has 98 valence electrons. The van der Waals surface area contributed by atoms with E-state index in [4.69, 9.17) is 5.84 Å². The molecule has 0 saturated heterocycles. The fraction of sp³-hybridized carbons (Fsp3) is 0.500. The lowest BCUT2D eigenvalue weighted by Crippen LogP contribution is -2.10. The van der Waals surface area contributed by atoms with Crippen molar-refractivity contribution in [2.24, 2.45) is 11.8 Å². The van der Waals surface area contributed by atoms with Crippen molar-refractivity contribution in [2.75, 3.05) is 11.2 Å². The third kappa shape index (κ3) is 3.34. The smallest absolute Gasteiger partial charge is 0.152 e. The van der Waals surface area contributed by atoms with Gasteiger partial charge in [-0.15, -0.1) is 11.3 Å². The van der Waals surface area contributed by atoms with Crippen LogP contribution in [-0.4, -0.2) is 15.7 Å². The second kappa shape index (κ2) is 6.36. The molecule has 6 heteroatoms. The lowest BCUT2D eigenvalue weighted by Gasteiger charge is -2.06. The van der Waals surface area contributed by atoms with E-state index in [0.717, 1.165) is 39.3 Å². The van der Waals surface area contributed by atoms with Gasteiger partial charge in [0.1, 0.15) is 10.7 Å². The van der Waals surface area contributed by atoms with Gasteiger partial charge < -0.3 is 5.43 Å². The molecule has 0 aliphatic rings. The van der Waals surface area contributed by atoms with Crippen LogP contribution in [0.4, 0.5) is 5.82 Å². The summed E-state index contributed by atoms with van der Waals surface area (Å²) >= 11 is 3.50. The second-order valence-corrected chi connectivity index (χ2v) is 6.51. The summed E-state index contributed by atoms with van der Waals surface area (Å²) in [6.07, 6.45) is 1.23. The topological polar surface area (TPSA) is 63.8 Å². The van der Waals surface area contributed by atoms with Crippen LogP contribution >= 0.6 is 23.1 Å². The molecule has 4 nitrogen and oxygen atoms in total. The highest BCUT2D eigenvalue weighted by atomic mass is 32.2. The summed E-state index contributed by atoms with van der Waals surface area (Å²) in [5.41, 5.74) is 2.65. The van der Waals surface area contributed by atoms with Crippen LogP contribution < -0.4 is 11.3 Å². The molecule has 0 bridgehead atoms. The van der Waals surface area contributed by atoms with Crippen LogP contribution in [0.2, 0.25) is 0 Å². The van der Waals surface area contributed by atoms with Crippen molar-refractivity contribution in [1.82, 2.24) is 9.97 Å². The molecule has 2 aromatic heterocycles. The Kier molecular flexibility index (Phi) is 4.79. The third-order valence-electron chi connectivity index (χ3n) is 2.58. The van der Waals surface area contributed by atoms with Gasteiger partial charge in [-0.3, -0.25) is 0 Å². The molecule has 18 heavy (non-hydrogen) atoms. The number of nitrogen functional groups attached to an aromatic ring is 1. The SMILES string of the molecule is CC(C)CCSCc1nc(NN)c2ccsc2n1. The Labute approximate surface area is 115 Å². The van der Waals surface area contributed by atoms with Crippen LogP contribution in [0.15, 0.2) is 11.4 Å². The predicted octanol–water partition coefficient (Wildman–Crippen LogP) is 3.26. The first-order valence-corrected chi connectivity index (χ1v) is 8.02. The van der Waals surface area contributed by atoms with Crippen LogP contribution in [0.3, 0.4) is 0 Å². The highest BCUT2D eigenvalue weighted by Gasteiger charge is 2.08. The number of thiophene rings is 1. The molecule has 0 radical (unpaired) electrons. The maximum absolute atomic E-state index is 5.50. The van der Waals surface area contributed by atoms with E-state index in [2.05, 4.69) is 29.2 Å². The normalized spacial score (nSPS) is 11.3. The largest absolute Gasteiger partial charge is 0.308 e. The molecule has 3 N–H and O–H groups in total. The molecule has 2 rings (SSSR count). The number of hydrogen-bond donors (Lipinski definition) is 2. The molecule has 0 aromatic carbocycles. The monoisotopic (exact) mass is 282 g/mol. The second-order valence-electron chi connectivity index (χ2n) is 4.51. The van der Waals surface area contributed by atoms with Gasteiger partial charge >= 0.3 is 0 Å². The van der Waals surface area contributed by atoms with Crippen molar-refractivity contribution in [1.29, 1.82) is 0 Å². The third-order valence-corrected chi connectivity index (χ3v) is 4.37. The van der Waals surface area contributed by atoms with E-state index in [-0.39, 0.29) is 0 Å². The lowest BCUT2D eigenvalue weighted by molar-refractivity contribution is 0.632. The van der Waals surface area contributed by atoms with Crippen LogP contribution in [0.1, 0.15) is 26.1 Å². The Balaban J connectivity index is 2.04. The molecule has 0 unspecified atom stereocenters. The number of hydrogen-bond acceptors (Lipinski definition) is 6. The molecule has 0 saturated carbocycles. The minimum absolute atomic E-state index is 0.723. The fourth-order valence-corrected chi connectivity index (χ4v) is 3.43. The van der Waals surface area contributed by atoms with Gasteiger partial charge in [-0.2, -0.15) is 11.8 Å². The molecule has 0 aliphatic heterocycles. The van der Waals surface area contributed by atoms with Gasteiger partial charge in [0.15, 0.2) is 5.82 Å². The van der Waals surface area contributed by atoms with E-state index in [9.17, 15) is 0 Å². The van der Waals surface area contributed by atoms with E-state index in [1.165, 1.54) is 6.42 Å². The highest BCUT2D eigenvalue weighted by Crippen LogP contribution is 2.25. The number of hydrazine groups is 1. The summed E-state index contributed by atoms with van der Waals surface area (Å²) in [6.45, 7) is 4.48. The van der Waals surface area contributed by atoms with Gasteiger partial charge in [0, 0.05) is 0 Å². The van der Waals surface area contributed by atoms with Crippen molar-refractivity contribution in [3.05, 3.63) is 17.3 Å². The fourth-order valence-electron chi connectivity index (χ4n) is 1.56. The molecular weight excluding hydrogens is 264 g/mol.